The third-order valence-corrected chi connectivity index (χ3v) is 5.39. The summed E-state index contributed by atoms with van der Waals surface area (Å²) in [6.07, 6.45) is -0.517. The molecule has 138 valence electrons. The summed E-state index contributed by atoms with van der Waals surface area (Å²) in [5.41, 5.74) is -0.880. The molecule has 0 saturated carbocycles. The molecule has 6 nitrogen and oxygen atoms in total. The molecule has 8 heteroatoms. The predicted molar refractivity (Wildman–Crippen MR) is 102 cm³/mol. The van der Waals surface area contributed by atoms with Crippen LogP contribution >= 0.6 is 22.9 Å². The first-order chi connectivity index (χ1) is 12.5. The summed E-state index contributed by atoms with van der Waals surface area (Å²) in [6, 6.07) is 10.7. The van der Waals surface area contributed by atoms with Crippen LogP contribution in [0.3, 0.4) is 0 Å². The fourth-order valence-electron chi connectivity index (χ4n) is 2.75. The number of nitrogens with one attached hydrogen (secondary N) is 2. The molecule has 1 unspecified atom stereocenters. The molecule has 1 fully saturated rings. The van der Waals surface area contributed by atoms with Gasteiger partial charge in [-0.25, -0.2) is 4.79 Å². The Balaban J connectivity index is 1.61. The first kappa shape index (κ1) is 18.7. The van der Waals surface area contributed by atoms with Crippen LogP contribution in [0.1, 0.15) is 11.8 Å². The van der Waals surface area contributed by atoms with Crippen molar-refractivity contribution >= 4 is 34.9 Å². The van der Waals surface area contributed by atoms with Crippen molar-refractivity contribution in [2.24, 2.45) is 0 Å². The van der Waals surface area contributed by atoms with Gasteiger partial charge in [-0.05, 0) is 30.5 Å². The topological polar surface area (TPSA) is 70.7 Å². The Morgan fingerprint density at radius 3 is 2.88 bits per heavy atom. The van der Waals surface area contributed by atoms with Gasteiger partial charge in [0, 0.05) is 18.0 Å². The number of halogens is 1. The van der Waals surface area contributed by atoms with Gasteiger partial charge in [0.1, 0.15) is 5.54 Å². The highest BCUT2D eigenvalue weighted by Crippen LogP contribution is 2.24. The van der Waals surface area contributed by atoms with Crippen LogP contribution in [-0.4, -0.2) is 42.1 Å². The van der Waals surface area contributed by atoms with Gasteiger partial charge in [0.25, 0.3) is 0 Å². The zero-order chi connectivity index (χ0) is 18.6. The molecule has 1 atom stereocenters. The van der Waals surface area contributed by atoms with Crippen molar-refractivity contribution in [3.8, 4) is 5.75 Å². The number of hydrogen-bond donors (Lipinski definition) is 2. The van der Waals surface area contributed by atoms with E-state index in [0.717, 1.165) is 4.88 Å². The van der Waals surface area contributed by atoms with Gasteiger partial charge >= 0.3 is 6.09 Å². The summed E-state index contributed by atoms with van der Waals surface area (Å²) >= 11 is 7.62. The summed E-state index contributed by atoms with van der Waals surface area (Å²) < 4.78 is 5.37. The van der Waals surface area contributed by atoms with E-state index in [-0.39, 0.29) is 12.5 Å². The molecule has 1 aliphatic rings. The van der Waals surface area contributed by atoms with Crippen molar-refractivity contribution in [2.45, 2.75) is 19.0 Å². The van der Waals surface area contributed by atoms with Crippen LogP contribution in [-0.2, 0) is 11.3 Å². The summed E-state index contributed by atoms with van der Waals surface area (Å²) in [7, 11) is 0. The maximum atomic E-state index is 12.6. The van der Waals surface area contributed by atoms with E-state index in [4.69, 9.17) is 16.3 Å². The van der Waals surface area contributed by atoms with Crippen molar-refractivity contribution in [1.82, 2.24) is 15.5 Å². The van der Waals surface area contributed by atoms with Crippen LogP contribution in [0, 0.1) is 0 Å². The van der Waals surface area contributed by atoms with Gasteiger partial charge in [-0.3, -0.25) is 4.79 Å². The second kappa shape index (κ2) is 8.07. The number of carbonyl (C=O) groups is 2. The van der Waals surface area contributed by atoms with E-state index in [1.165, 1.54) is 4.90 Å². The third-order valence-electron chi connectivity index (χ3n) is 4.20. The van der Waals surface area contributed by atoms with E-state index in [1.54, 1.807) is 42.5 Å². The molecule has 0 radical (unpaired) electrons. The molecular weight excluding hydrogens is 374 g/mol. The zero-order valence-electron chi connectivity index (χ0n) is 14.3. The highest BCUT2D eigenvalue weighted by molar-refractivity contribution is 7.09. The van der Waals surface area contributed by atoms with Gasteiger partial charge in [0.05, 0.1) is 18.1 Å². The number of piperazine rings is 1. The molecular formula is C18H20ClN3O3S. The van der Waals surface area contributed by atoms with Gasteiger partial charge < -0.3 is 20.3 Å². The van der Waals surface area contributed by atoms with E-state index in [1.807, 2.05) is 17.5 Å². The maximum absolute atomic E-state index is 12.6. The Labute approximate surface area is 161 Å². The number of ether oxygens (including phenoxy) is 1. The van der Waals surface area contributed by atoms with Crippen molar-refractivity contribution in [3.63, 3.8) is 0 Å². The molecule has 3 rings (SSSR count). The van der Waals surface area contributed by atoms with E-state index < -0.39 is 11.6 Å². The number of benzene rings is 1. The van der Waals surface area contributed by atoms with E-state index in [2.05, 4.69) is 10.6 Å². The Hall–Kier alpha value is -2.09. The molecule has 1 aromatic heterocycles. The molecule has 2 amide bonds. The van der Waals surface area contributed by atoms with Crippen LogP contribution in [0.25, 0.3) is 0 Å². The predicted octanol–water partition coefficient (Wildman–Crippen LogP) is 2.88. The second-order valence-corrected chi connectivity index (χ2v) is 7.68. The first-order valence-electron chi connectivity index (χ1n) is 8.25. The van der Waals surface area contributed by atoms with Gasteiger partial charge in [0.15, 0.2) is 5.75 Å². The first-order valence-corrected chi connectivity index (χ1v) is 9.51. The monoisotopic (exact) mass is 393 g/mol. The lowest BCUT2D eigenvalue weighted by molar-refractivity contribution is -0.128. The standard InChI is InChI=1S/C18H20ClN3O3S/c1-18(16(23)20-11-13-5-4-10-26-13)12-22(9-8-21-18)17(24)25-15-7-3-2-6-14(15)19/h2-7,10,21H,8-9,11-12H2,1H3,(H,20,23). The van der Waals surface area contributed by atoms with Crippen LogP contribution < -0.4 is 15.4 Å². The van der Waals surface area contributed by atoms with E-state index in [0.29, 0.717) is 30.4 Å². The van der Waals surface area contributed by atoms with Crippen LogP contribution in [0.5, 0.6) is 5.75 Å². The SMILES string of the molecule is CC1(C(=O)NCc2cccs2)CN(C(=O)Oc2ccccc2Cl)CCN1. The van der Waals surface area contributed by atoms with Gasteiger partial charge in [-0.1, -0.05) is 29.8 Å². The average Bonchev–Trinajstić information content (AvgIpc) is 3.15. The minimum atomic E-state index is -0.880. The minimum Gasteiger partial charge on any atom is -0.409 e. The van der Waals surface area contributed by atoms with Crippen molar-refractivity contribution in [2.75, 3.05) is 19.6 Å². The maximum Gasteiger partial charge on any atom is 0.415 e. The quantitative estimate of drug-likeness (QED) is 0.837. The fourth-order valence-corrected chi connectivity index (χ4v) is 3.57. The van der Waals surface area contributed by atoms with Gasteiger partial charge in [-0.2, -0.15) is 0 Å². The molecule has 0 bridgehead atoms. The average molecular weight is 394 g/mol. The van der Waals surface area contributed by atoms with E-state index in [9.17, 15) is 9.59 Å². The fraction of sp³-hybridized carbons (Fsp3) is 0.333. The molecule has 2 aromatic rings. The Kier molecular flexibility index (Phi) is 5.80. The molecule has 0 aliphatic carbocycles. The van der Waals surface area contributed by atoms with Crippen molar-refractivity contribution in [1.29, 1.82) is 0 Å². The third kappa shape index (κ3) is 4.35. The van der Waals surface area contributed by atoms with Gasteiger partial charge in [-0.15, -0.1) is 11.3 Å². The molecule has 1 aliphatic heterocycles. The highest BCUT2D eigenvalue weighted by atomic mass is 35.5. The van der Waals surface area contributed by atoms with Gasteiger partial charge in [0.2, 0.25) is 5.91 Å². The number of para-hydroxylation sites is 1. The molecule has 2 N–H and O–H groups in total. The Bertz CT molecular complexity index is 784. The lowest BCUT2D eigenvalue weighted by Crippen LogP contribution is -2.66. The highest BCUT2D eigenvalue weighted by Gasteiger charge is 2.39. The summed E-state index contributed by atoms with van der Waals surface area (Å²) in [6.45, 7) is 3.42. The molecule has 0 spiro atoms. The van der Waals surface area contributed by atoms with Crippen molar-refractivity contribution < 1.29 is 14.3 Å². The number of carbonyl (C=O) groups excluding carboxylic acids is 2. The smallest absolute Gasteiger partial charge is 0.409 e. The minimum absolute atomic E-state index is 0.152. The molecule has 2 heterocycles. The lowest BCUT2D eigenvalue weighted by Gasteiger charge is -2.39. The molecule has 1 saturated heterocycles. The molecule has 26 heavy (non-hydrogen) atoms. The number of rotatable bonds is 4. The summed E-state index contributed by atoms with van der Waals surface area (Å²) in [5, 5.41) is 8.46. The summed E-state index contributed by atoms with van der Waals surface area (Å²) in [5.74, 6) is 0.155. The normalized spacial score (nSPS) is 19.8. The number of amides is 2. The van der Waals surface area contributed by atoms with E-state index >= 15 is 0 Å². The second-order valence-electron chi connectivity index (χ2n) is 6.24. The largest absolute Gasteiger partial charge is 0.415 e. The number of hydrogen-bond acceptors (Lipinski definition) is 5. The van der Waals surface area contributed by atoms with Crippen LogP contribution in [0.2, 0.25) is 5.02 Å². The lowest BCUT2D eigenvalue weighted by atomic mass is 9.98. The summed E-state index contributed by atoms with van der Waals surface area (Å²) in [4.78, 5) is 27.7. The number of thiophene rings is 1. The van der Waals surface area contributed by atoms with Crippen LogP contribution in [0.15, 0.2) is 41.8 Å². The zero-order valence-corrected chi connectivity index (χ0v) is 15.9. The van der Waals surface area contributed by atoms with Crippen LogP contribution in [0.4, 0.5) is 4.79 Å². The van der Waals surface area contributed by atoms with Crippen molar-refractivity contribution in [3.05, 3.63) is 51.7 Å². The number of nitrogens with zero attached hydrogens (tertiary/aromatic N) is 1. The Morgan fingerprint density at radius 1 is 1.35 bits per heavy atom. The Morgan fingerprint density at radius 2 is 2.15 bits per heavy atom. The molecule has 1 aromatic carbocycles.